The van der Waals surface area contributed by atoms with Crippen molar-refractivity contribution >= 4 is 43.1 Å². The molecule has 0 rings (SSSR count). The third-order valence-corrected chi connectivity index (χ3v) is 6.01. The van der Waals surface area contributed by atoms with Crippen molar-refractivity contribution in [3.8, 4) is 0 Å². The first-order valence-electron chi connectivity index (χ1n) is 6.70. The monoisotopic (exact) mass is 404 g/mol. The fourth-order valence-corrected chi connectivity index (χ4v) is 4.68. The van der Waals surface area contributed by atoms with Crippen molar-refractivity contribution in [2.75, 3.05) is 0 Å². The van der Waals surface area contributed by atoms with Crippen LogP contribution in [0.1, 0.15) is 65.2 Å². The highest BCUT2D eigenvalue weighted by atomic mass is 79.9. The summed E-state index contributed by atoms with van der Waals surface area (Å²) in [5.41, 5.74) is 0. The Labute approximate surface area is 131 Å². The minimum Gasteiger partial charge on any atom is -0.760 e. The lowest BCUT2D eigenvalue weighted by Gasteiger charge is -2.33. The van der Waals surface area contributed by atoms with Crippen LogP contribution in [0.25, 0.3) is 0 Å². The summed E-state index contributed by atoms with van der Waals surface area (Å²) in [6.45, 7) is 4.29. The number of unbranched alkanes of at least 4 members (excludes halogenated alkanes) is 4. The van der Waals surface area contributed by atoms with Gasteiger partial charge in [-0.1, -0.05) is 84.2 Å². The summed E-state index contributed by atoms with van der Waals surface area (Å²) >= 11 is 4.79. The van der Waals surface area contributed by atoms with Gasteiger partial charge in [0.15, 0.2) is 0 Å². The molecule has 0 aliphatic heterocycles. The van der Waals surface area contributed by atoms with Crippen molar-refractivity contribution in [3.05, 3.63) is 0 Å². The highest BCUT2D eigenvalue weighted by Gasteiger charge is 2.23. The smallest absolute Gasteiger partial charge is 0.0778 e. The van der Waals surface area contributed by atoms with Gasteiger partial charge in [-0.3, -0.25) is 4.21 Å². The van der Waals surface area contributed by atoms with Gasteiger partial charge < -0.3 is 4.55 Å². The Bertz CT molecular complexity index is 216. The Balaban J connectivity index is 4.21. The third-order valence-electron chi connectivity index (χ3n) is 2.82. The molecule has 0 aromatic carbocycles. The second-order valence-corrected chi connectivity index (χ2v) is 7.41. The Kier molecular flexibility index (Phi) is 12.5. The number of hydrogen-bond donors (Lipinski definition) is 0. The van der Waals surface area contributed by atoms with E-state index in [9.17, 15) is 8.76 Å². The Morgan fingerprint density at radius 2 is 1.39 bits per heavy atom. The van der Waals surface area contributed by atoms with E-state index < -0.39 is 11.3 Å². The molecule has 3 unspecified atom stereocenters. The summed E-state index contributed by atoms with van der Waals surface area (Å²) in [5, 5.41) is 0. The molecular weight excluding hydrogens is 382 g/mol. The molecule has 0 bridgehead atoms. The van der Waals surface area contributed by atoms with Crippen LogP contribution in [-0.2, 0) is 11.3 Å². The normalized spacial score (nSPS) is 16.8. The molecular formula is C12H24Br2NO2S-. The molecule has 6 heteroatoms. The minimum atomic E-state index is -2.18. The van der Waals surface area contributed by atoms with Crippen molar-refractivity contribution in [3.63, 3.8) is 0 Å². The average Bonchev–Trinajstić information content (AvgIpc) is 2.29. The lowest BCUT2D eigenvalue weighted by atomic mass is 10.2. The molecule has 18 heavy (non-hydrogen) atoms. The van der Waals surface area contributed by atoms with Crippen molar-refractivity contribution in [1.82, 2.24) is 4.31 Å². The van der Waals surface area contributed by atoms with E-state index in [0.717, 1.165) is 51.4 Å². The van der Waals surface area contributed by atoms with Crippen molar-refractivity contribution in [2.24, 2.45) is 0 Å². The van der Waals surface area contributed by atoms with Gasteiger partial charge in [-0.2, -0.15) is 0 Å². The van der Waals surface area contributed by atoms with E-state index in [4.69, 9.17) is 0 Å². The largest absolute Gasteiger partial charge is 0.760 e. The molecule has 0 aliphatic rings. The summed E-state index contributed by atoms with van der Waals surface area (Å²) in [6.07, 6.45) is 8.40. The second-order valence-electron chi connectivity index (χ2n) is 4.44. The lowest BCUT2D eigenvalue weighted by Crippen LogP contribution is -2.38. The number of halogens is 2. The van der Waals surface area contributed by atoms with Crippen molar-refractivity contribution in [1.29, 1.82) is 0 Å². The molecule has 3 atom stereocenters. The van der Waals surface area contributed by atoms with E-state index in [2.05, 4.69) is 45.7 Å². The predicted molar refractivity (Wildman–Crippen MR) is 84.5 cm³/mol. The van der Waals surface area contributed by atoms with Crippen LogP contribution in [0.4, 0.5) is 0 Å². The number of rotatable bonds is 11. The van der Waals surface area contributed by atoms with E-state index >= 15 is 0 Å². The van der Waals surface area contributed by atoms with Gasteiger partial charge in [0.2, 0.25) is 0 Å². The van der Waals surface area contributed by atoms with E-state index in [1.165, 1.54) is 4.31 Å². The topological polar surface area (TPSA) is 43.4 Å². The third kappa shape index (κ3) is 8.25. The van der Waals surface area contributed by atoms with E-state index in [-0.39, 0.29) is 9.90 Å². The number of hydrogen-bond acceptors (Lipinski definition) is 2. The van der Waals surface area contributed by atoms with Gasteiger partial charge in [0.25, 0.3) is 0 Å². The van der Waals surface area contributed by atoms with Crippen LogP contribution in [0.2, 0.25) is 0 Å². The fourth-order valence-electron chi connectivity index (χ4n) is 1.74. The first-order chi connectivity index (χ1) is 8.54. The lowest BCUT2D eigenvalue weighted by molar-refractivity contribution is 0.335. The molecule has 0 aromatic heterocycles. The van der Waals surface area contributed by atoms with Gasteiger partial charge in [0.1, 0.15) is 0 Å². The minimum absolute atomic E-state index is 0.103. The second kappa shape index (κ2) is 11.8. The molecule has 110 valence electrons. The first-order valence-corrected chi connectivity index (χ1v) is 9.56. The molecule has 0 radical (unpaired) electrons. The van der Waals surface area contributed by atoms with Gasteiger partial charge in [-0.25, -0.2) is 4.31 Å². The zero-order valence-electron chi connectivity index (χ0n) is 11.2. The van der Waals surface area contributed by atoms with Crippen molar-refractivity contribution in [2.45, 2.75) is 75.1 Å². The summed E-state index contributed by atoms with van der Waals surface area (Å²) in [6, 6.07) is 0. The molecule has 0 N–H and O–H groups in total. The van der Waals surface area contributed by atoms with Crippen LogP contribution in [0.3, 0.4) is 0 Å². The molecule has 0 saturated carbocycles. The SMILES string of the molecule is CCCCCC(Br)N(C(Br)CCCCC)S(=O)[O-]. The number of alkyl halides is 2. The van der Waals surface area contributed by atoms with Gasteiger partial charge in [-0.05, 0) is 12.8 Å². The van der Waals surface area contributed by atoms with Gasteiger partial charge >= 0.3 is 0 Å². The fraction of sp³-hybridized carbons (Fsp3) is 1.00. The molecule has 0 fully saturated rings. The summed E-state index contributed by atoms with van der Waals surface area (Å²) in [7, 11) is 0. The van der Waals surface area contributed by atoms with Gasteiger partial charge in [0.05, 0.1) is 9.90 Å². The predicted octanol–water partition coefficient (Wildman–Crippen LogP) is 4.69. The summed E-state index contributed by atoms with van der Waals surface area (Å²) < 4.78 is 24.1. The van der Waals surface area contributed by atoms with Crippen LogP contribution < -0.4 is 0 Å². The molecule has 0 amide bonds. The maximum Gasteiger partial charge on any atom is 0.0778 e. The summed E-state index contributed by atoms with van der Waals surface area (Å²) in [4.78, 5) is -0.207. The van der Waals surface area contributed by atoms with Gasteiger partial charge in [0, 0.05) is 11.3 Å². The zero-order chi connectivity index (χ0) is 14.0. The van der Waals surface area contributed by atoms with E-state index in [0.29, 0.717) is 0 Å². The van der Waals surface area contributed by atoms with E-state index in [1.807, 2.05) is 0 Å². The van der Waals surface area contributed by atoms with Crippen LogP contribution in [0.15, 0.2) is 0 Å². The molecule has 0 spiro atoms. The maximum atomic E-state index is 11.3. The Morgan fingerprint density at radius 3 is 1.67 bits per heavy atom. The Morgan fingerprint density at radius 1 is 1.00 bits per heavy atom. The van der Waals surface area contributed by atoms with Crippen molar-refractivity contribution < 1.29 is 8.76 Å². The van der Waals surface area contributed by atoms with Crippen LogP contribution in [0.5, 0.6) is 0 Å². The molecule has 3 nitrogen and oxygen atoms in total. The van der Waals surface area contributed by atoms with Gasteiger partial charge in [-0.15, -0.1) is 0 Å². The molecule has 0 aromatic rings. The summed E-state index contributed by atoms with van der Waals surface area (Å²) in [5.74, 6) is 0. The quantitative estimate of drug-likeness (QED) is 0.216. The number of nitrogens with zero attached hydrogens (tertiary/aromatic N) is 1. The molecule has 0 saturated heterocycles. The highest BCUT2D eigenvalue weighted by Crippen LogP contribution is 2.25. The Hall–Kier alpha value is 1.03. The van der Waals surface area contributed by atoms with Crippen LogP contribution in [0, 0.1) is 0 Å². The molecule has 0 aliphatic carbocycles. The average molecular weight is 406 g/mol. The first kappa shape index (κ1) is 19.0. The van der Waals surface area contributed by atoms with Crippen LogP contribution in [-0.4, -0.2) is 23.0 Å². The van der Waals surface area contributed by atoms with Crippen LogP contribution >= 0.6 is 31.9 Å². The zero-order valence-corrected chi connectivity index (χ0v) is 15.2. The highest BCUT2D eigenvalue weighted by molar-refractivity contribution is 9.10. The van der Waals surface area contributed by atoms with E-state index in [1.54, 1.807) is 0 Å². The molecule has 0 heterocycles. The maximum absolute atomic E-state index is 11.3. The standard InChI is InChI=1S/C12H25Br2NO2S/c1-3-5-7-9-11(13)15(18(16)17)12(14)10-8-6-4-2/h11-12H,3-10H2,1-2H3,(H,16,17)/p-1.